The molecule has 20 heavy (non-hydrogen) atoms. The van der Waals surface area contributed by atoms with Gasteiger partial charge in [-0.2, -0.15) is 5.10 Å². The van der Waals surface area contributed by atoms with Crippen molar-refractivity contribution < 1.29 is 9.90 Å². The highest BCUT2D eigenvalue weighted by atomic mass is 16.4. The Morgan fingerprint density at radius 2 is 1.90 bits per heavy atom. The smallest absolute Gasteiger partial charge is 0.307 e. The van der Waals surface area contributed by atoms with Crippen molar-refractivity contribution in [2.75, 3.05) is 0 Å². The zero-order valence-corrected chi connectivity index (χ0v) is 12.0. The van der Waals surface area contributed by atoms with E-state index in [4.69, 9.17) is 5.11 Å². The van der Waals surface area contributed by atoms with E-state index in [1.807, 2.05) is 36.7 Å². The fraction of sp³-hybridized carbons (Fsp3) is 0.375. The molecule has 0 atom stereocenters. The summed E-state index contributed by atoms with van der Waals surface area (Å²) >= 11 is 0. The minimum absolute atomic E-state index is 0.0567. The van der Waals surface area contributed by atoms with Gasteiger partial charge in [0.05, 0.1) is 18.7 Å². The number of benzene rings is 1. The van der Waals surface area contributed by atoms with Crippen molar-refractivity contribution in [1.29, 1.82) is 0 Å². The Bertz CT molecular complexity index is 588. The van der Waals surface area contributed by atoms with E-state index in [2.05, 4.69) is 17.2 Å². The molecule has 2 rings (SSSR count). The van der Waals surface area contributed by atoms with E-state index in [0.717, 1.165) is 29.8 Å². The largest absolute Gasteiger partial charge is 0.481 e. The van der Waals surface area contributed by atoms with Crippen LogP contribution in [-0.2, 0) is 30.6 Å². The van der Waals surface area contributed by atoms with E-state index < -0.39 is 5.97 Å². The summed E-state index contributed by atoms with van der Waals surface area (Å²) < 4.78 is 1.95. The molecule has 0 aliphatic rings. The molecule has 2 aromatic rings. The van der Waals surface area contributed by atoms with Crippen LogP contribution in [0.5, 0.6) is 0 Å². The van der Waals surface area contributed by atoms with Gasteiger partial charge in [-0.15, -0.1) is 0 Å². The molecule has 106 valence electrons. The number of hydrogen-bond donors (Lipinski definition) is 1. The van der Waals surface area contributed by atoms with Gasteiger partial charge in [0.2, 0.25) is 0 Å². The van der Waals surface area contributed by atoms with Gasteiger partial charge < -0.3 is 5.11 Å². The maximum absolute atomic E-state index is 11.0. The first-order valence-electron chi connectivity index (χ1n) is 6.98. The number of carboxylic acid groups (broad SMARTS) is 1. The average Bonchev–Trinajstić information content (AvgIpc) is 2.76. The number of rotatable bonds is 6. The van der Waals surface area contributed by atoms with Crippen LogP contribution < -0.4 is 0 Å². The second kappa shape index (κ2) is 6.37. The highest BCUT2D eigenvalue weighted by Crippen LogP contribution is 2.18. The molecular weight excluding hydrogens is 252 g/mol. The van der Waals surface area contributed by atoms with Crippen LogP contribution in [0.3, 0.4) is 0 Å². The molecule has 0 aliphatic heterocycles. The Kier molecular flexibility index (Phi) is 4.56. The van der Waals surface area contributed by atoms with Gasteiger partial charge in [-0.3, -0.25) is 9.48 Å². The SMILES string of the molecule is CCc1nn(Cc2ccccc2)c(CC)c1CC(=O)O. The van der Waals surface area contributed by atoms with Crippen molar-refractivity contribution in [3.05, 3.63) is 52.8 Å². The van der Waals surface area contributed by atoms with Crippen molar-refractivity contribution in [3.63, 3.8) is 0 Å². The fourth-order valence-electron chi connectivity index (χ4n) is 2.51. The lowest BCUT2D eigenvalue weighted by Crippen LogP contribution is -2.08. The molecule has 1 aromatic carbocycles. The molecule has 0 bridgehead atoms. The molecule has 0 saturated heterocycles. The molecule has 0 radical (unpaired) electrons. The Morgan fingerprint density at radius 1 is 1.20 bits per heavy atom. The third kappa shape index (κ3) is 3.07. The fourth-order valence-corrected chi connectivity index (χ4v) is 2.51. The van der Waals surface area contributed by atoms with Crippen LogP contribution in [-0.4, -0.2) is 20.9 Å². The molecule has 1 aromatic heterocycles. The normalized spacial score (nSPS) is 10.7. The van der Waals surface area contributed by atoms with E-state index in [0.29, 0.717) is 6.54 Å². The van der Waals surface area contributed by atoms with E-state index in [-0.39, 0.29) is 6.42 Å². The predicted octanol–water partition coefficient (Wildman–Crippen LogP) is 2.68. The van der Waals surface area contributed by atoms with Crippen LogP contribution in [0.4, 0.5) is 0 Å². The van der Waals surface area contributed by atoms with E-state index in [1.54, 1.807) is 0 Å². The van der Waals surface area contributed by atoms with Gasteiger partial charge in [0, 0.05) is 11.3 Å². The lowest BCUT2D eigenvalue weighted by molar-refractivity contribution is -0.136. The minimum Gasteiger partial charge on any atom is -0.481 e. The van der Waals surface area contributed by atoms with Gasteiger partial charge >= 0.3 is 5.97 Å². The Labute approximate surface area is 119 Å². The van der Waals surface area contributed by atoms with Crippen molar-refractivity contribution in [1.82, 2.24) is 9.78 Å². The minimum atomic E-state index is -0.798. The quantitative estimate of drug-likeness (QED) is 0.879. The molecule has 0 aliphatic carbocycles. The molecule has 1 N–H and O–H groups in total. The summed E-state index contributed by atoms with van der Waals surface area (Å²) in [5, 5.41) is 13.7. The molecule has 0 fully saturated rings. The Morgan fingerprint density at radius 3 is 2.45 bits per heavy atom. The molecule has 0 saturated carbocycles. The van der Waals surface area contributed by atoms with Crippen LogP contribution >= 0.6 is 0 Å². The summed E-state index contributed by atoms with van der Waals surface area (Å²) in [6, 6.07) is 10.1. The van der Waals surface area contributed by atoms with E-state index in [9.17, 15) is 4.79 Å². The molecule has 4 heteroatoms. The van der Waals surface area contributed by atoms with Crippen LogP contribution in [0.1, 0.15) is 36.4 Å². The van der Waals surface area contributed by atoms with Crippen molar-refractivity contribution >= 4 is 5.97 Å². The second-order valence-corrected chi connectivity index (χ2v) is 4.79. The first-order valence-corrected chi connectivity index (χ1v) is 6.98. The predicted molar refractivity (Wildman–Crippen MR) is 77.9 cm³/mol. The Hall–Kier alpha value is -2.10. The number of hydrogen-bond acceptors (Lipinski definition) is 2. The number of aryl methyl sites for hydroxylation is 1. The van der Waals surface area contributed by atoms with Gasteiger partial charge in [-0.1, -0.05) is 44.2 Å². The van der Waals surface area contributed by atoms with Gasteiger partial charge in [0.1, 0.15) is 0 Å². The number of aliphatic carboxylic acids is 1. The first-order chi connectivity index (χ1) is 9.65. The van der Waals surface area contributed by atoms with E-state index in [1.165, 1.54) is 5.56 Å². The van der Waals surface area contributed by atoms with Crippen molar-refractivity contribution in [3.8, 4) is 0 Å². The third-order valence-corrected chi connectivity index (χ3v) is 3.42. The highest BCUT2D eigenvalue weighted by Gasteiger charge is 2.17. The average molecular weight is 272 g/mol. The van der Waals surface area contributed by atoms with Gasteiger partial charge in [-0.05, 0) is 18.4 Å². The third-order valence-electron chi connectivity index (χ3n) is 3.42. The Balaban J connectivity index is 2.37. The lowest BCUT2D eigenvalue weighted by atomic mass is 10.1. The molecule has 1 heterocycles. The molecule has 0 amide bonds. The number of carbonyl (C=O) groups is 1. The van der Waals surface area contributed by atoms with Crippen LogP contribution in [0, 0.1) is 0 Å². The molecule has 0 spiro atoms. The van der Waals surface area contributed by atoms with Gasteiger partial charge in [0.25, 0.3) is 0 Å². The highest BCUT2D eigenvalue weighted by molar-refractivity contribution is 5.71. The van der Waals surface area contributed by atoms with Gasteiger partial charge in [-0.25, -0.2) is 0 Å². The second-order valence-electron chi connectivity index (χ2n) is 4.79. The zero-order chi connectivity index (χ0) is 14.5. The lowest BCUT2D eigenvalue weighted by Gasteiger charge is -2.07. The molecule has 4 nitrogen and oxygen atoms in total. The van der Waals surface area contributed by atoms with Crippen LogP contribution in [0.2, 0.25) is 0 Å². The van der Waals surface area contributed by atoms with Crippen LogP contribution in [0.25, 0.3) is 0 Å². The first kappa shape index (κ1) is 14.3. The topological polar surface area (TPSA) is 55.1 Å². The van der Waals surface area contributed by atoms with Crippen LogP contribution in [0.15, 0.2) is 30.3 Å². The monoisotopic (exact) mass is 272 g/mol. The summed E-state index contributed by atoms with van der Waals surface area (Å²) in [6.07, 6.45) is 1.61. The van der Waals surface area contributed by atoms with E-state index >= 15 is 0 Å². The summed E-state index contributed by atoms with van der Waals surface area (Å²) in [5.74, 6) is -0.798. The number of nitrogens with zero attached hydrogens (tertiary/aromatic N) is 2. The van der Waals surface area contributed by atoms with Crippen molar-refractivity contribution in [2.45, 2.75) is 39.7 Å². The molecular formula is C16H20N2O2. The summed E-state index contributed by atoms with van der Waals surface area (Å²) in [6.45, 7) is 4.75. The summed E-state index contributed by atoms with van der Waals surface area (Å²) in [7, 11) is 0. The maximum Gasteiger partial charge on any atom is 0.307 e. The summed E-state index contributed by atoms with van der Waals surface area (Å²) in [5.41, 5.74) is 4.00. The number of aromatic nitrogens is 2. The van der Waals surface area contributed by atoms with Crippen molar-refractivity contribution in [2.24, 2.45) is 0 Å². The number of carboxylic acids is 1. The zero-order valence-electron chi connectivity index (χ0n) is 12.0. The maximum atomic E-state index is 11.0. The standard InChI is InChI=1S/C16H20N2O2/c1-3-14-13(10-16(19)20)15(4-2)18(17-14)11-12-8-6-5-7-9-12/h5-9H,3-4,10-11H2,1-2H3,(H,19,20). The molecule has 0 unspecified atom stereocenters. The summed E-state index contributed by atoms with van der Waals surface area (Å²) in [4.78, 5) is 11.0. The van der Waals surface area contributed by atoms with Gasteiger partial charge in [0.15, 0.2) is 0 Å².